The largest absolute Gasteiger partial charge is 0.424 e. The van der Waals surface area contributed by atoms with Gasteiger partial charge in [-0.25, -0.2) is 14.6 Å². The zero-order valence-electron chi connectivity index (χ0n) is 21.0. The molecule has 3 amide bonds. The molecule has 1 fully saturated rings. The number of nitrogens with zero attached hydrogens (tertiary/aromatic N) is 3. The minimum Gasteiger partial charge on any atom is -0.331 e. The van der Waals surface area contributed by atoms with Crippen molar-refractivity contribution in [2.75, 3.05) is 6.54 Å². The van der Waals surface area contributed by atoms with Crippen LogP contribution in [-0.4, -0.2) is 38.6 Å². The Balaban J connectivity index is 1.29. The van der Waals surface area contributed by atoms with Gasteiger partial charge in [-0.1, -0.05) is 60.7 Å². The maximum absolute atomic E-state index is 13.6. The molecule has 3 aromatic carbocycles. The van der Waals surface area contributed by atoms with Gasteiger partial charge in [-0.05, 0) is 41.8 Å². The van der Waals surface area contributed by atoms with Crippen molar-refractivity contribution in [1.82, 2.24) is 14.9 Å². The van der Waals surface area contributed by atoms with Gasteiger partial charge in [0.1, 0.15) is 11.9 Å². The third-order valence-corrected chi connectivity index (χ3v) is 7.61. The number of fused-ring (bicyclic) bond motifs is 1. The summed E-state index contributed by atoms with van der Waals surface area (Å²) in [5, 5.41) is 3.09. The van der Waals surface area contributed by atoms with Crippen molar-refractivity contribution in [1.29, 1.82) is 0 Å². The number of imide groups is 1. The lowest BCUT2D eigenvalue weighted by molar-refractivity contribution is -0.785. The van der Waals surface area contributed by atoms with Crippen LogP contribution in [0.5, 0.6) is 0 Å². The van der Waals surface area contributed by atoms with Gasteiger partial charge in [0, 0.05) is 32.9 Å². The molecule has 6 nitrogen and oxygen atoms in total. The predicted octanol–water partition coefficient (Wildman–Crippen LogP) is 5.61. The Hall–Kier alpha value is -3.77. The molecule has 5 rings (SSSR count). The SMILES string of the molecule is C[C@@H]1CCC[N+]1(C(=O)CCc1nc2ccccc2n1C)C(=O)NCc1cccc(-c2ccccc2)c1. The van der Waals surface area contributed by atoms with Gasteiger partial charge in [0.15, 0.2) is 0 Å². The quantitative estimate of drug-likeness (QED) is 0.364. The third-order valence-electron chi connectivity index (χ3n) is 7.61. The second-order valence-corrected chi connectivity index (χ2v) is 9.78. The third kappa shape index (κ3) is 4.44. The van der Waals surface area contributed by atoms with Crippen LogP contribution in [0.3, 0.4) is 0 Å². The van der Waals surface area contributed by atoms with Gasteiger partial charge in [-0.15, -0.1) is 0 Å². The van der Waals surface area contributed by atoms with Crippen molar-refractivity contribution >= 4 is 23.0 Å². The van der Waals surface area contributed by atoms with Crippen LogP contribution in [0, 0.1) is 0 Å². The van der Waals surface area contributed by atoms with E-state index in [9.17, 15) is 9.59 Å². The fourth-order valence-corrected chi connectivity index (χ4v) is 5.51. The lowest BCUT2D eigenvalue weighted by atomic mass is 10.0. The van der Waals surface area contributed by atoms with Crippen LogP contribution in [0.2, 0.25) is 0 Å². The lowest BCUT2D eigenvalue weighted by Crippen LogP contribution is -2.62. The summed E-state index contributed by atoms with van der Waals surface area (Å²) in [6, 6.07) is 26.1. The summed E-state index contributed by atoms with van der Waals surface area (Å²) in [7, 11) is 1.98. The standard InChI is InChI=1S/C30H32N4O2/c1-22-10-9-19-34(22,29(35)18-17-28-32-26-15-6-7-16-27(26)33(28)2)30(36)31-21-23-11-8-14-25(20-23)24-12-4-3-5-13-24/h3-8,11-16,20,22H,9-10,17-19,21H2,1-2H3/p+1/t22-,34?/m1/s1. The monoisotopic (exact) mass is 481 g/mol. The molecular weight excluding hydrogens is 448 g/mol. The van der Waals surface area contributed by atoms with Crippen LogP contribution in [0.1, 0.15) is 37.6 Å². The number of rotatable bonds is 6. The minimum absolute atomic E-state index is 0.0254. The number of hydrogen-bond acceptors (Lipinski definition) is 3. The summed E-state index contributed by atoms with van der Waals surface area (Å²) in [5.74, 6) is 0.843. The van der Waals surface area contributed by atoms with Gasteiger partial charge in [0.2, 0.25) is 0 Å². The molecule has 1 N–H and O–H groups in total. The number of carbonyl (C=O) groups is 2. The number of likely N-dealkylation sites (tertiary alicyclic amines) is 1. The van der Waals surface area contributed by atoms with Crippen molar-refractivity contribution < 1.29 is 14.1 Å². The molecule has 6 heteroatoms. The van der Waals surface area contributed by atoms with Gasteiger partial charge in [0.25, 0.3) is 0 Å². The molecule has 2 atom stereocenters. The number of nitrogens with one attached hydrogen (secondary N) is 1. The molecule has 1 unspecified atom stereocenters. The summed E-state index contributed by atoms with van der Waals surface area (Å²) in [6.07, 6.45) is 2.55. The van der Waals surface area contributed by atoms with Crippen LogP contribution >= 0.6 is 0 Å². The highest BCUT2D eigenvalue weighted by molar-refractivity contribution is 5.84. The van der Waals surface area contributed by atoms with Crippen LogP contribution < -0.4 is 5.32 Å². The summed E-state index contributed by atoms with van der Waals surface area (Å²) in [6.45, 7) is 2.97. The maximum Gasteiger partial charge on any atom is 0.424 e. The fourth-order valence-electron chi connectivity index (χ4n) is 5.51. The number of aryl methyl sites for hydroxylation is 2. The molecular formula is C30H33N4O2+. The first-order valence-electron chi connectivity index (χ1n) is 12.7. The Morgan fingerprint density at radius 3 is 2.50 bits per heavy atom. The number of aromatic nitrogens is 2. The number of quaternary nitrogens is 1. The molecule has 1 saturated heterocycles. The number of hydrogen-bond donors (Lipinski definition) is 1. The molecule has 1 aliphatic rings. The van der Waals surface area contributed by atoms with Gasteiger partial charge < -0.3 is 9.88 Å². The Kier molecular flexibility index (Phi) is 6.70. The van der Waals surface area contributed by atoms with Crippen LogP contribution in [-0.2, 0) is 24.8 Å². The van der Waals surface area contributed by atoms with Gasteiger partial charge in [-0.3, -0.25) is 0 Å². The first-order valence-corrected chi connectivity index (χ1v) is 12.7. The molecule has 0 saturated carbocycles. The van der Waals surface area contributed by atoms with Gasteiger partial charge in [-0.2, -0.15) is 4.48 Å². The Morgan fingerprint density at radius 2 is 1.75 bits per heavy atom. The molecule has 4 aromatic rings. The molecule has 36 heavy (non-hydrogen) atoms. The molecule has 0 spiro atoms. The van der Waals surface area contributed by atoms with Crippen LogP contribution in [0.15, 0.2) is 78.9 Å². The zero-order chi connectivity index (χ0) is 25.1. The highest BCUT2D eigenvalue weighted by atomic mass is 16.2. The van der Waals surface area contributed by atoms with E-state index in [2.05, 4.69) is 29.6 Å². The van der Waals surface area contributed by atoms with Crippen molar-refractivity contribution in [3.8, 4) is 11.1 Å². The van der Waals surface area contributed by atoms with E-state index in [0.717, 1.165) is 46.4 Å². The summed E-state index contributed by atoms with van der Waals surface area (Å²) in [4.78, 5) is 31.9. The van der Waals surface area contributed by atoms with Crippen molar-refractivity contribution in [3.05, 3.63) is 90.3 Å². The molecule has 0 bridgehead atoms. The smallest absolute Gasteiger partial charge is 0.331 e. The van der Waals surface area contributed by atoms with E-state index in [1.807, 2.05) is 73.1 Å². The fraction of sp³-hybridized carbons (Fsp3) is 0.300. The minimum atomic E-state index is -0.194. The molecule has 1 aliphatic heterocycles. The zero-order valence-corrected chi connectivity index (χ0v) is 21.0. The Morgan fingerprint density at radius 1 is 1.00 bits per heavy atom. The van der Waals surface area contributed by atoms with E-state index in [-0.39, 0.29) is 22.5 Å². The summed E-state index contributed by atoms with van der Waals surface area (Å²) in [5.41, 5.74) is 5.24. The summed E-state index contributed by atoms with van der Waals surface area (Å²) >= 11 is 0. The second-order valence-electron chi connectivity index (χ2n) is 9.78. The number of amides is 3. The van der Waals surface area contributed by atoms with E-state index in [4.69, 9.17) is 4.98 Å². The van der Waals surface area contributed by atoms with E-state index >= 15 is 0 Å². The number of imidazole rings is 1. The molecule has 0 aliphatic carbocycles. The Bertz CT molecular complexity index is 1390. The molecule has 0 radical (unpaired) electrons. The molecule has 184 valence electrons. The van der Waals surface area contributed by atoms with E-state index in [1.165, 1.54) is 0 Å². The highest BCUT2D eigenvalue weighted by Gasteiger charge is 2.51. The maximum atomic E-state index is 13.6. The van der Waals surface area contributed by atoms with Crippen LogP contribution in [0.25, 0.3) is 22.2 Å². The average Bonchev–Trinajstić information content (AvgIpc) is 3.46. The van der Waals surface area contributed by atoms with Gasteiger partial charge >= 0.3 is 11.9 Å². The lowest BCUT2D eigenvalue weighted by Gasteiger charge is -2.33. The first-order chi connectivity index (χ1) is 17.5. The highest BCUT2D eigenvalue weighted by Crippen LogP contribution is 2.30. The van der Waals surface area contributed by atoms with Gasteiger partial charge in [0.05, 0.1) is 24.0 Å². The van der Waals surface area contributed by atoms with Crippen molar-refractivity contribution in [3.63, 3.8) is 0 Å². The number of urea groups is 1. The van der Waals surface area contributed by atoms with Crippen molar-refractivity contribution in [2.45, 2.75) is 45.2 Å². The van der Waals surface area contributed by atoms with E-state index in [0.29, 0.717) is 25.9 Å². The predicted molar refractivity (Wildman–Crippen MR) is 142 cm³/mol. The average molecular weight is 482 g/mol. The number of para-hydroxylation sites is 2. The Labute approximate surface area is 212 Å². The topological polar surface area (TPSA) is 64.0 Å². The normalized spacial score (nSPS) is 19.4. The molecule has 2 heterocycles. The van der Waals surface area contributed by atoms with E-state index < -0.39 is 0 Å². The molecule has 1 aromatic heterocycles. The van der Waals surface area contributed by atoms with E-state index in [1.54, 1.807) is 0 Å². The first kappa shape index (κ1) is 23.9. The van der Waals surface area contributed by atoms with Crippen LogP contribution in [0.4, 0.5) is 4.79 Å². The summed E-state index contributed by atoms with van der Waals surface area (Å²) < 4.78 is 1.92. The number of benzene rings is 3. The van der Waals surface area contributed by atoms with Crippen molar-refractivity contribution in [2.24, 2.45) is 7.05 Å². The second kappa shape index (κ2) is 10.1. The number of carbonyl (C=O) groups excluding carboxylic acids is 2.